The summed E-state index contributed by atoms with van der Waals surface area (Å²) in [5.41, 5.74) is 1.09. The third-order valence-electron chi connectivity index (χ3n) is 4.02. The van der Waals surface area contributed by atoms with E-state index in [9.17, 15) is 4.79 Å². The van der Waals surface area contributed by atoms with Crippen LogP contribution in [0.4, 0.5) is 5.13 Å². The average Bonchev–Trinajstić information content (AvgIpc) is 3.28. The van der Waals surface area contributed by atoms with Crippen molar-refractivity contribution >= 4 is 22.4 Å². The molecule has 0 spiro atoms. The van der Waals surface area contributed by atoms with E-state index >= 15 is 0 Å². The summed E-state index contributed by atoms with van der Waals surface area (Å²) in [6.45, 7) is 1.89. The van der Waals surface area contributed by atoms with Gasteiger partial charge in [0.15, 0.2) is 16.6 Å². The number of methoxy groups -OCH3 is 2. The number of aromatic nitrogens is 1. The molecule has 0 aliphatic rings. The zero-order valence-corrected chi connectivity index (χ0v) is 16.4. The predicted molar refractivity (Wildman–Crippen MR) is 105 cm³/mol. The molecule has 0 fully saturated rings. The van der Waals surface area contributed by atoms with Gasteiger partial charge in [0.1, 0.15) is 11.5 Å². The molecule has 0 atom stereocenters. The number of ether oxygens (including phenoxy) is 2. The molecule has 3 aromatic rings. The lowest BCUT2D eigenvalue weighted by Gasteiger charge is -2.08. The molecule has 2 aromatic heterocycles. The highest BCUT2D eigenvalue weighted by Crippen LogP contribution is 2.29. The molecule has 0 aliphatic carbocycles. The molecule has 7 heteroatoms. The second-order valence-corrected chi connectivity index (χ2v) is 7.17. The van der Waals surface area contributed by atoms with E-state index in [4.69, 9.17) is 13.9 Å². The minimum Gasteiger partial charge on any atom is -0.493 e. The fourth-order valence-corrected chi connectivity index (χ4v) is 3.54. The Labute approximate surface area is 162 Å². The number of nitrogens with zero attached hydrogens (tertiary/aromatic N) is 1. The van der Waals surface area contributed by atoms with E-state index in [0.717, 1.165) is 22.0 Å². The van der Waals surface area contributed by atoms with Gasteiger partial charge in [0.25, 0.3) is 0 Å². The number of anilines is 1. The molecule has 3 rings (SSSR count). The molecular weight excluding hydrogens is 364 g/mol. The fourth-order valence-electron chi connectivity index (χ4n) is 2.68. The van der Waals surface area contributed by atoms with Gasteiger partial charge in [-0.15, -0.1) is 11.3 Å². The van der Waals surface area contributed by atoms with Crippen LogP contribution >= 0.6 is 11.3 Å². The summed E-state index contributed by atoms with van der Waals surface area (Å²) in [5, 5.41) is 3.45. The number of rotatable bonds is 8. The summed E-state index contributed by atoms with van der Waals surface area (Å²) in [5.74, 6) is 2.99. The van der Waals surface area contributed by atoms with Crippen LogP contribution in [0.15, 0.2) is 40.9 Å². The zero-order chi connectivity index (χ0) is 19.2. The topological polar surface area (TPSA) is 73.6 Å². The van der Waals surface area contributed by atoms with Crippen molar-refractivity contribution in [3.8, 4) is 11.5 Å². The number of carbonyl (C=O) groups excluding carboxylic acids is 1. The van der Waals surface area contributed by atoms with Gasteiger partial charge in [-0.05, 0) is 36.8 Å². The average molecular weight is 386 g/mol. The second-order valence-electron chi connectivity index (χ2n) is 6.06. The highest BCUT2D eigenvalue weighted by molar-refractivity contribution is 7.15. The minimum absolute atomic E-state index is 0.0731. The monoisotopic (exact) mass is 386 g/mol. The van der Waals surface area contributed by atoms with Crippen LogP contribution in [0.2, 0.25) is 0 Å². The Hall–Kier alpha value is -2.80. The number of hydrogen-bond acceptors (Lipinski definition) is 6. The quantitative estimate of drug-likeness (QED) is 0.627. The van der Waals surface area contributed by atoms with E-state index < -0.39 is 0 Å². The smallest absolute Gasteiger partial charge is 0.226 e. The normalized spacial score (nSPS) is 10.6. The van der Waals surface area contributed by atoms with Crippen molar-refractivity contribution in [1.82, 2.24) is 4.98 Å². The Morgan fingerprint density at radius 1 is 1.19 bits per heavy atom. The van der Waals surface area contributed by atoms with Crippen LogP contribution in [-0.4, -0.2) is 25.1 Å². The van der Waals surface area contributed by atoms with Gasteiger partial charge in [0.2, 0.25) is 5.91 Å². The van der Waals surface area contributed by atoms with E-state index in [1.165, 1.54) is 11.3 Å². The number of thiazole rings is 1. The molecule has 0 radical (unpaired) electrons. The fraction of sp³-hybridized carbons (Fsp3) is 0.300. The van der Waals surface area contributed by atoms with Gasteiger partial charge in [-0.2, -0.15) is 0 Å². The largest absolute Gasteiger partial charge is 0.493 e. The van der Waals surface area contributed by atoms with Gasteiger partial charge >= 0.3 is 0 Å². The van der Waals surface area contributed by atoms with Gasteiger partial charge in [-0.3, -0.25) is 4.79 Å². The van der Waals surface area contributed by atoms with Crippen LogP contribution in [0.1, 0.15) is 28.4 Å². The molecule has 142 valence electrons. The lowest BCUT2D eigenvalue weighted by molar-refractivity contribution is -0.116. The third kappa shape index (κ3) is 5.10. The van der Waals surface area contributed by atoms with Crippen LogP contribution in [0.25, 0.3) is 0 Å². The third-order valence-corrected chi connectivity index (χ3v) is 4.93. The summed E-state index contributed by atoms with van der Waals surface area (Å²) >= 11 is 1.47. The van der Waals surface area contributed by atoms with E-state index in [2.05, 4.69) is 10.3 Å². The van der Waals surface area contributed by atoms with Crippen molar-refractivity contribution in [2.45, 2.75) is 26.2 Å². The van der Waals surface area contributed by atoms with Crippen molar-refractivity contribution in [3.63, 3.8) is 0 Å². The number of nitrogens with one attached hydrogen (secondary N) is 1. The van der Waals surface area contributed by atoms with E-state index in [1.54, 1.807) is 20.4 Å². The van der Waals surface area contributed by atoms with Gasteiger partial charge in [-0.1, -0.05) is 6.07 Å². The molecule has 1 N–H and O–H groups in total. The highest BCUT2D eigenvalue weighted by atomic mass is 32.1. The number of furan rings is 1. The molecule has 0 saturated carbocycles. The summed E-state index contributed by atoms with van der Waals surface area (Å²) in [7, 11) is 3.23. The number of hydrogen-bond donors (Lipinski definition) is 1. The number of benzene rings is 1. The Morgan fingerprint density at radius 2 is 2.00 bits per heavy atom. The first kappa shape index (κ1) is 19.0. The zero-order valence-electron chi connectivity index (χ0n) is 15.6. The second kappa shape index (κ2) is 8.73. The lowest BCUT2D eigenvalue weighted by Crippen LogP contribution is -2.11. The molecule has 1 amide bonds. The first-order valence-corrected chi connectivity index (χ1v) is 9.40. The van der Waals surface area contributed by atoms with Crippen LogP contribution in [0, 0.1) is 6.92 Å². The standard InChI is InChI=1S/C20H22N2O4S/c1-13-4-6-15(26-13)7-9-19(23)22-20-21-12-16(27-20)10-14-5-8-17(24-2)18(11-14)25-3/h4-6,8,11-12H,7,9-10H2,1-3H3,(H,21,22,23). The van der Waals surface area contributed by atoms with Gasteiger partial charge < -0.3 is 19.2 Å². The van der Waals surface area contributed by atoms with Crippen molar-refractivity contribution in [3.05, 3.63) is 58.5 Å². The van der Waals surface area contributed by atoms with Crippen molar-refractivity contribution < 1.29 is 18.7 Å². The molecule has 6 nitrogen and oxygen atoms in total. The summed E-state index contributed by atoms with van der Waals surface area (Å²) in [6, 6.07) is 9.61. The maximum atomic E-state index is 12.1. The van der Waals surface area contributed by atoms with E-state index in [0.29, 0.717) is 35.9 Å². The molecule has 1 aromatic carbocycles. The highest BCUT2D eigenvalue weighted by Gasteiger charge is 2.10. The summed E-state index contributed by atoms with van der Waals surface area (Å²) < 4.78 is 16.1. The van der Waals surface area contributed by atoms with Gasteiger partial charge in [0, 0.05) is 30.3 Å². The van der Waals surface area contributed by atoms with Gasteiger partial charge in [-0.25, -0.2) is 4.98 Å². The number of carbonyl (C=O) groups is 1. The van der Waals surface area contributed by atoms with Crippen molar-refractivity contribution in [2.75, 3.05) is 19.5 Å². The molecular formula is C20H22N2O4S. The first-order valence-electron chi connectivity index (χ1n) is 8.58. The molecule has 2 heterocycles. The molecule has 0 saturated heterocycles. The first-order chi connectivity index (χ1) is 13.1. The van der Waals surface area contributed by atoms with Crippen LogP contribution in [-0.2, 0) is 17.6 Å². The summed E-state index contributed by atoms with van der Waals surface area (Å²) in [4.78, 5) is 17.4. The Bertz CT molecular complexity index is 916. The van der Waals surface area contributed by atoms with E-state index in [-0.39, 0.29) is 5.91 Å². The Kier molecular flexibility index (Phi) is 6.13. The molecule has 0 aliphatic heterocycles. The molecule has 0 unspecified atom stereocenters. The Balaban J connectivity index is 1.55. The summed E-state index contributed by atoms with van der Waals surface area (Å²) in [6.07, 6.45) is 3.42. The van der Waals surface area contributed by atoms with Crippen LogP contribution < -0.4 is 14.8 Å². The van der Waals surface area contributed by atoms with Crippen molar-refractivity contribution in [1.29, 1.82) is 0 Å². The molecule has 27 heavy (non-hydrogen) atoms. The molecule has 0 bridgehead atoms. The lowest BCUT2D eigenvalue weighted by atomic mass is 10.1. The SMILES string of the molecule is COc1ccc(Cc2cnc(NC(=O)CCc3ccc(C)o3)s2)cc1OC. The van der Waals surface area contributed by atoms with Gasteiger partial charge in [0.05, 0.1) is 14.2 Å². The predicted octanol–water partition coefficient (Wildman–Crippen LogP) is 4.22. The number of amides is 1. The Morgan fingerprint density at radius 3 is 2.70 bits per heavy atom. The van der Waals surface area contributed by atoms with Crippen LogP contribution in [0.3, 0.4) is 0 Å². The van der Waals surface area contributed by atoms with E-state index in [1.807, 2.05) is 37.3 Å². The maximum absolute atomic E-state index is 12.1. The minimum atomic E-state index is -0.0731. The maximum Gasteiger partial charge on any atom is 0.226 e. The number of aryl methyl sites for hydroxylation is 2. The van der Waals surface area contributed by atoms with Crippen LogP contribution in [0.5, 0.6) is 11.5 Å². The van der Waals surface area contributed by atoms with Crippen molar-refractivity contribution in [2.24, 2.45) is 0 Å².